The predicted octanol–water partition coefficient (Wildman–Crippen LogP) is -0.642. The molecule has 88 valence electrons. The molecule has 16 heavy (non-hydrogen) atoms. The lowest BCUT2D eigenvalue weighted by atomic mass is 10.3. The first-order valence-corrected chi connectivity index (χ1v) is 4.84. The van der Waals surface area contributed by atoms with Crippen molar-refractivity contribution in [3.8, 4) is 0 Å². The molecule has 1 aromatic heterocycles. The minimum absolute atomic E-state index is 0.241. The Kier molecular flexibility index (Phi) is 4.01. The number of amides is 3. The molecule has 1 unspecified atom stereocenters. The standard InChI is InChI=1S/C9H15N5O2/c1-6(8(15)13-9(16)11-2)14-4-3-12-7(14)5-10/h3-4,6H,5,10H2,1-2H3,(H2,11,13,15,16). The van der Waals surface area contributed by atoms with Gasteiger partial charge in [-0.25, -0.2) is 9.78 Å². The maximum Gasteiger partial charge on any atom is 0.321 e. The molecule has 0 radical (unpaired) electrons. The molecule has 1 heterocycles. The maximum atomic E-state index is 11.6. The molecule has 1 rings (SSSR count). The van der Waals surface area contributed by atoms with Crippen LogP contribution < -0.4 is 16.4 Å². The van der Waals surface area contributed by atoms with Crippen molar-refractivity contribution in [2.45, 2.75) is 19.5 Å². The summed E-state index contributed by atoms with van der Waals surface area (Å²) in [5.74, 6) is 0.187. The highest BCUT2D eigenvalue weighted by Gasteiger charge is 2.18. The third-order valence-electron chi connectivity index (χ3n) is 2.19. The SMILES string of the molecule is CNC(=O)NC(=O)C(C)n1ccnc1CN. The number of imide groups is 1. The Morgan fingerprint density at radius 2 is 2.31 bits per heavy atom. The molecule has 1 aromatic rings. The highest BCUT2D eigenvalue weighted by molar-refractivity contribution is 5.95. The summed E-state index contributed by atoms with van der Waals surface area (Å²) in [7, 11) is 1.44. The van der Waals surface area contributed by atoms with Gasteiger partial charge >= 0.3 is 6.03 Å². The molecule has 0 bridgehead atoms. The molecule has 0 aliphatic carbocycles. The molecule has 0 aromatic carbocycles. The van der Waals surface area contributed by atoms with Gasteiger partial charge in [-0.05, 0) is 6.92 Å². The highest BCUT2D eigenvalue weighted by Crippen LogP contribution is 2.08. The fourth-order valence-electron chi connectivity index (χ4n) is 1.26. The zero-order chi connectivity index (χ0) is 12.1. The van der Waals surface area contributed by atoms with Crippen LogP contribution in [-0.2, 0) is 11.3 Å². The zero-order valence-corrected chi connectivity index (χ0v) is 9.23. The van der Waals surface area contributed by atoms with E-state index >= 15 is 0 Å². The molecule has 0 saturated heterocycles. The topological polar surface area (TPSA) is 102 Å². The van der Waals surface area contributed by atoms with Crippen LogP contribution in [0.1, 0.15) is 18.8 Å². The molecular weight excluding hydrogens is 210 g/mol. The minimum Gasteiger partial charge on any atom is -0.341 e. The molecule has 7 nitrogen and oxygen atoms in total. The van der Waals surface area contributed by atoms with Gasteiger partial charge in [0.2, 0.25) is 0 Å². The van der Waals surface area contributed by atoms with Crippen molar-refractivity contribution in [2.75, 3.05) is 7.05 Å². The normalized spacial score (nSPS) is 11.9. The number of nitrogens with one attached hydrogen (secondary N) is 2. The molecule has 0 aliphatic heterocycles. The number of rotatable bonds is 3. The Hall–Kier alpha value is -1.89. The van der Waals surface area contributed by atoms with E-state index in [4.69, 9.17) is 5.73 Å². The average molecular weight is 225 g/mol. The lowest BCUT2D eigenvalue weighted by Gasteiger charge is -2.14. The van der Waals surface area contributed by atoms with Crippen molar-refractivity contribution in [1.29, 1.82) is 0 Å². The highest BCUT2D eigenvalue weighted by atomic mass is 16.2. The van der Waals surface area contributed by atoms with Crippen molar-refractivity contribution in [3.63, 3.8) is 0 Å². The molecular formula is C9H15N5O2. The average Bonchev–Trinajstić information content (AvgIpc) is 2.75. The number of carbonyl (C=O) groups is 2. The number of hydrogen-bond donors (Lipinski definition) is 3. The molecule has 3 amide bonds. The third-order valence-corrected chi connectivity index (χ3v) is 2.19. The van der Waals surface area contributed by atoms with Crippen LogP contribution in [0, 0.1) is 0 Å². The summed E-state index contributed by atoms with van der Waals surface area (Å²) in [6, 6.07) is -1.07. The number of nitrogens with zero attached hydrogens (tertiary/aromatic N) is 2. The van der Waals surface area contributed by atoms with Crippen LogP contribution in [-0.4, -0.2) is 28.5 Å². The van der Waals surface area contributed by atoms with Crippen LogP contribution in [0.4, 0.5) is 4.79 Å². The second-order valence-electron chi connectivity index (χ2n) is 3.20. The van der Waals surface area contributed by atoms with Gasteiger partial charge in [0.25, 0.3) is 5.91 Å². The van der Waals surface area contributed by atoms with Gasteiger partial charge in [-0.3, -0.25) is 10.1 Å². The summed E-state index contributed by atoms with van der Waals surface area (Å²) in [4.78, 5) is 26.6. The molecule has 4 N–H and O–H groups in total. The summed E-state index contributed by atoms with van der Waals surface area (Å²) >= 11 is 0. The van der Waals surface area contributed by atoms with E-state index in [1.54, 1.807) is 23.9 Å². The molecule has 0 spiro atoms. The zero-order valence-electron chi connectivity index (χ0n) is 9.23. The van der Waals surface area contributed by atoms with E-state index in [0.717, 1.165) is 0 Å². The quantitative estimate of drug-likeness (QED) is 0.636. The van der Waals surface area contributed by atoms with Crippen LogP contribution in [0.25, 0.3) is 0 Å². The van der Waals surface area contributed by atoms with Crippen LogP contribution >= 0.6 is 0 Å². The molecule has 0 aliphatic rings. The smallest absolute Gasteiger partial charge is 0.321 e. The van der Waals surface area contributed by atoms with Gasteiger partial charge in [0.1, 0.15) is 11.9 Å². The van der Waals surface area contributed by atoms with Crippen molar-refractivity contribution < 1.29 is 9.59 Å². The molecule has 1 atom stereocenters. The van der Waals surface area contributed by atoms with Gasteiger partial charge in [0.15, 0.2) is 0 Å². The van der Waals surface area contributed by atoms with E-state index in [2.05, 4.69) is 15.6 Å². The van der Waals surface area contributed by atoms with Gasteiger partial charge < -0.3 is 15.6 Å². The minimum atomic E-state index is -0.536. The first kappa shape index (κ1) is 12.2. The number of urea groups is 1. The summed E-state index contributed by atoms with van der Waals surface area (Å²) in [5, 5.41) is 4.49. The number of aromatic nitrogens is 2. The summed E-state index contributed by atoms with van der Waals surface area (Å²) in [6.45, 7) is 1.91. The molecule has 7 heteroatoms. The lowest BCUT2D eigenvalue weighted by Crippen LogP contribution is -2.41. The van der Waals surface area contributed by atoms with Crippen LogP contribution in [0.15, 0.2) is 12.4 Å². The second kappa shape index (κ2) is 5.26. The van der Waals surface area contributed by atoms with E-state index < -0.39 is 18.0 Å². The van der Waals surface area contributed by atoms with Gasteiger partial charge in [-0.1, -0.05) is 0 Å². The van der Waals surface area contributed by atoms with Crippen LogP contribution in [0.3, 0.4) is 0 Å². The van der Waals surface area contributed by atoms with Gasteiger partial charge in [-0.2, -0.15) is 0 Å². The first-order chi connectivity index (χ1) is 7.60. The van der Waals surface area contributed by atoms with Crippen molar-refractivity contribution in [3.05, 3.63) is 18.2 Å². The Morgan fingerprint density at radius 3 is 2.88 bits per heavy atom. The number of carbonyl (C=O) groups excluding carboxylic acids is 2. The fraction of sp³-hybridized carbons (Fsp3) is 0.444. The van der Waals surface area contributed by atoms with Gasteiger partial charge in [-0.15, -0.1) is 0 Å². The summed E-state index contributed by atoms with van der Waals surface area (Å²) < 4.78 is 1.62. The monoisotopic (exact) mass is 225 g/mol. The third kappa shape index (κ3) is 2.57. The number of nitrogens with two attached hydrogens (primary N) is 1. The van der Waals surface area contributed by atoms with E-state index in [1.807, 2.05) is 0 Å². The van der Waals surface area contributed by atoms with Crippen LogP contribution in [0.2, 0.25) is 0 Å². The lowest BCUT2D eigenvalue weighted by molar-refractivity contribution is -0.122. The fourth-order valence-corrected chi connectivity index (χ4v) is 1.26. The van der Waals surface area contributed by atoms with Crippen molar-refractivity contribution in [1.82, 2.24) is 20.2 Å². The van der Waals surface area contributed by atoms with E-state index in [-0.39, 0.29) is 6.54 Å². The largest absolute Gasteiger partial charge is 0.341 e. The van der Waals surface area contributed by atoms with Crippen molar-refractivity contribution >= 4 is 11.9 Å². The second-order valence-corrected chi connectivity index (χ2v) is 3.20. The Bertz CT molecular complexity index is 387. The van der Waals surface area contributed by atoms with E-state index in [9.17, 15) is 9.59 Å². The summed E-state index contributed by atoms with van der Waals surface area (Å²) in [6.07, 6.45) is 3.21. The molecule has 0 fully saturated rings. The Balaban J connectivity index is 2.74. The Morgan fingerprint density at radius 1 is 1.62 bits per heavy atom. The van der Waals surface area contributed by atoms with E-state index in [1.165, 1.54) is 7.05 Å². The maximum absolute atomic E-state index is 11.6. The van der Waals surface area contributed by atoms with Crippen LogP contribution in [0.5, 0.6) is 0 Å². The van der Waals surface area contributed by atoms with Gasteiger partial charge in [0, 0.05) is 19.4 Å². The van der Waals surface area contributed by atoms with Gasteiger partial charge in [0.05, 0.1) is 6.54 Å². The van der Waals surface area contributed by atoms with Crippen molar-refractivity contribution in [2.24, 2.45) is 5.73 Å². The number of hydrogen-bond acceptors (Lipinski definition) is 4. The number of imidazole rings is 1. The predicted molar refractivity (Wildman–Crippen MR) is 57.4 cm³/mol. The summed E-state index contributed by atoms with van der Waals surface area (Å²) in [5.41, 5.74) is 5.47. The molecule has 0 saturated carbocycles. The first-order valence-electron chi connectivity index (χ1n) is 4.84. The Labute approximate surface area is 93.0 Å². The van der Waals surface area contributed by atoms with E-state index in [0.29, 0.717) is 5.82 Å².